The third-order valence-electron chi connectivity index (χ3n) is 5.57. The molecule has 1 aromatic carbocycles. The van der Waals surface area contributed by atoms with E-state index in [1.165, 1.54) is 0 Å². The number of rotatable bonds is 5. The predicted molar refractivity (Wildman–Crippen MR) is 123 cm³/mol. The van der Waals surface area contributed by atoms with Crippen molar-refractivity contribution in [1.29, 1.82) is 0 Å². The molecule has 1 saturated heterocycles. The van der Waals surface area contributed by atoms with Crippen LogP contribution in [0, 0.1) is 0 Å². The Bertz CT molecular complexity index is 1260. The number of hydrogen-bond acceptors (Lipinski definition) is 6. The molecule has 0 bridgehead atoms. The van der Waals surface area contributed by atoms with Gasteiger partial charge in [0, 0.05) is 48.2 Å². The summed E-state index contributed by atoms with van der Waals surface area (Å²) in [7, 11) is 1.89. The summed E-state index contributed by atoms with van der Waals surface area (Å²) in [5.41, 5.74) is 2.58. The van der Waals surface area contributed by atoms with Gasteiger partial charge in [0.2, 0.25) is 5.88 Å². The summed E-state index contributed by atoms with van der Waals surface area (Å²) >= 11 is 0. The van der Waals surface area contributed by atoms with Crippen LogP contribution in [-0.4, -0.2) is 44.8 Å². The Morgan fingerprint density at radius 2 is 1.94 bits per heavy atom. The minimum absolute atomic E-state index is 0.123. The molecule has 5 rings (SSSR count). The molecule has 0 spiro atoms. The quantitative estimate of drug-likeness (QED) is 0.506. The lowest BCUT2D eigenvalue weighted by atomic mass is 10.1. The number of aryl methyl sites for hydroxylation is 1. The third-order valence-corrected chi connectivity index (χ3v) is 5.57. The van der Waals surface area contributed by atoms with E-state index in [1.807, 2.05) is 37.6 Å². The van der Waals surface area contributed by atoms with Gasteiger partial charge in [0.1, 0.15) is 11.9 Å². The van der Waals surface area contributed by atoms with Crippen LogP contribution in [0.3, 0.4) is 0 Å². The van der Waals surface area contributed by atoms with Crippen molar-refractivity contribution in [2.45, 2.75) is 18.9 Å². The van der Waals surface area contributed by atoms with E-state index < -0.39 is 0 Å². The van der Waals surface area contributed by atoms with Crippen LogP contribution in [0.15, 0.2) is 61.2 Å². The number of carbonyl (C=O) groups excluding carboxylic acids is 1. The normalized spacial score (nSPS) is 14.4. The lowest BCUT2D eigenvalue weighted by molar-refractivity contribution is 0.102. The molecule has 1 amide bonds. The molecule has 4 heterocycles. The number of nitrogens with zero attached hydrogens (tertiary/aromatic N) is 4. The van der Waals surface area contributed by atoms with Crippen LogP contribution in [0.5, 0.6) is 5.88 Å². The highest BCUT2D eigenvalue weighted by Crippen LogP contribution is 2.25. The van der Waals surface area contributed by atoms with Gasteiger partial charge in [-0.2, -0.15) is 5.10 Å². The fourth-order valence-corrected chi connectivity index (χ4v) is 3.85. The van der Waals surface area contributed by atoms with Crippen molar-refractivity contribution >= 4 is 22.5 Å². The molecule has 4 aromatic rings. The van der Waals surface area contributed by atoms with Gasteiger partial charge in [-0.1, -0.05) is 12.1 Å². The first-order chi connectivity index (χ1) is 15.6. The number of carbonyl (C=O) groups is 1. The Kier molecular flexibility index (Phi) is 5.51. The molecular weight excluding hydrogens is 404 g/mol. The second kappa shape index (κ2) is 8.76. The third kappa shape index (κ3) is 4.45. The summed E-state index contributed by atoms with van der Waals surface area (Å²) < 4.78 is 7.73. The van der Waals surface area contributed by atoms with Gasteiger partial charge < -0.3 is 15.4 Å². The summed E-state index contributed by atoms with van der Waals surface area (Å²) in [6.07, 6.45) is 9.14. The Morgan fingerprint density at radius 3 is 2.75 bits per heavy atom. The number of aromatic nitrogens is 4. The van der Waals surface area contributed by atoms with Crippen LogP contribution in [0.2, 0.25) is 0 Å². The average Bonchev–Trinajstić information content (AvgIpc) is 3.26. The summed E-state index contributed by atoms with van der Waals surface area (Å²) in [4.78, 5) is 21.5. The van der Waals surface area contributed by atoms with Gasteiger partial charge in [-0.3, -0.25) is 9.48 Å². The number of benzene rings is 1. The Morgan fingerprint density at radius 1 is 1.06 bits per heavy atom. The van der Waals surface area contributed by atoms with Gasteiger partial charge in [0.15, 0.2) is 0 Å². The van der Waals surface area contributed by atoms with Crippen LogP contribution in [0.4, 0.5) is 5.82 Å². The number of nitrogens with one attached hydrogen (secondary N) is 2. The second-order valence-corrected chi connectivity index (χ2v) is 7.94. The molecule has 0 aliphatic carbocycles. The average molecular weight is 428 g/mol. The topological polar surface area (TPSA) is 94.0 Å². The summed E-state index contributed by atoms with van der Waals surface area (Å²) in [6.45, 7) is 1.86. The highest BCUT2D eigenvalue weighted by Gasteiger charge is 2.16. The smallest absolute Gasteiger partial charge is 0.257 e. The van der Waals surface area contributed by atoms with Gasteiger partial charge in [0.25, 0.3) is 5.91 Å². The maximum Gasteiger partial charge on any atom is 0.257 e. The molecule has 1 aliphatic rings. The number of piperidine rings is 1. The number of ether oxygens (including phenoxy) is 1. The van der Waals surface area contributed by atoms with E-state index >= 15 is 0 Å². The summed E-state index contributed by atoms with van der Waals surface area (Å²) in [6, 6.07) is 11.4. The molecule has 3 aromatic heterocycles. The van der Waals surface area contributed by atoms with E-state index in [1.54, 1.807) is 29.2 Å². The van der Waals surface area contributed by atoms with E-state index in [2.05, 4.69) is 31.8 Å². The zero-order chi connectivity index (χ0) is 21.9. The Balaban J connectivity index is 1.33. The zero-order valence-corrected chi connectivity index (χ0v) is 17.8. The molecular formula is C24H24N6O2. The van der Waals surface area contributed by atoms with E-state index in [9.17, 15) is 4.79 Å². The molecule has 2 N–H and O–H groups in total. The van der Waals surface area contributed by atoms with Crippen molar-refractivity contribution in [3.63, 3.8) is 0 Å². The van der Waals surface area contributed by atoms with Crippen molar-refractivity contribution < 1.29 is 9.53 Å². The lowest BCUT2D eigenvalue weighted by Crippen LogP contribution is -2.34. The van der Waals surface area contributed by atoms with Gasteiger partial charge in [-0.05, 0) is 55.1 Å². The van der Waals surface area contributed by atoms with Crippen LogP contribution < -0.4 is 15.4 Å². The molecule has 1 aliphatic heterocycles. The van der Waals surface area contributed by atoms with Crippen molar-refractivity contribution in [3.8, 4) is 17.0 Å². The molecule has 8 nitrogen and oxygen atoms in total. The highest BCUT2D eigenvalue weighted by molar-refractivity contribution is 6.04. The zero-order valence-electron chi connectivity index (χ0n) is 17.8. The molecule has 0 unspecified atom stereocenters. The number of anilines is 1. The highest BCUT2D eigenvalue weighted by atomic mass is 16.5. The molecule has 0 radical (unpaired) electrons. The molecule has 0 atom stereocenters. The fraction of sp³-hybridized carbons (Fsp3) is 0.250. The van der Waals surface area contributed by atoms with Crippen molar-refractivity contribution in [3.05, 3.63) is 66.7 Å². The molecule has 162 valence electrons. The van der Waals surface area contributed by atoms with Crippen molar-refractivity contribution in [1.82, 2.24) is 25.1 Å². The lowest BCUT2D eigenvalue weighted by Gasteiger charge is -2.23. The largest absolute Gasteiger partial charge is 0.474 e. The van der Waals surface area contributed by atoms with Crippen molar-refractivity contribution in [2.24, 2.45) is 7.05 Å². The number of amides is 1. The first-order valence-electron chi connectivity index (χ1n) is 10.7. The van der Waals surface area contributed by atoms with E-state index in [0.29, 0.717) is 17.3 Å². The first-order valence-corrected chi connectivity index (χ1v) is 10.7. The van der Waals surface area contributed by atoms with E-state index in [0.717, 1.165) is 47.8 Å². The number of fused-ring (bicyclic) bond motifs is 1. The maximum absolute atomic E-state index is 12.8. The summed E-state index contributed by atoms with van der Waals surface area (Å²) in [5, 5.41) is 12.4. The molecule has 0 saturated carbocycles. The summed E-state index contributed by atoms with van der Waals surface area (Å²) in [5.74, 6) is 0.707. The van der Waals surface area contributed by atoms with Crippen LogP contribution in [0.25, 0.3) is 21.9 Å². The maximum atomic E-state index is 12.8. The van der Waals surface area contributed by atoms with Crippen LogP contribution >= 0.6 is 0 Å². The van der Waals surface area contributed by atoms with Gasteiger partial charge in [-0.25, -0.2) is 9.97 Å². The minimum atomic E-state index is -0.252. The monoisotopic (exact) mass is 428 g/mol. The van der Waals surface area contributed by atoms with Gasteiger partial charge >= 0.3 is 0 Å². The first kappa shape index (κ1) is 20.1. The molecule has 8 heteroatoms. The Labute approximate surface area is 185 Å². The number of pyridine rings is 2. The predicted octanol–water partition coefficient (Wildman–Crippen LogP) is 3.41. The Hall–Kier alpha value is -3.78. The van der Waals surface area contributed by atoms with Gasteiger partial charge in [-0.15, -0.1) is 0 Å². The number of hydrogen-bond donors (Lipinski definition) is 2. The second-order valence-electron chi connectivity index (χ2n) is 7.94. The fourth-order valence-electron chi connectivity index (χ4n) is 3.85. The van der Waals surface area contributed by atoms with Crippen LogP contribution in [-0.2, 0) is 7.05 Å². The molecule has 32 heavy (non-hydrogen) atoms. The van der Waals surface area contributed by atoms with Crippen molar-refractivity contribution in [2.75, 3.05) is 18.4 Å². The van der Waals surface area contributed by atoms with Crippen LogP contribution in [0.1, 0.15) is 23.2 Å². The van der Waals surface area contributed by atoms with Gasteiger partial charge in [0.05, 0.1) is 6.20 Å². The minimum Gasteiger partial charge on any atom is -0.474 e. The van der Waals surface area contributed by atoms with E-state index in [-0.39, 0.29) is 12.0 Å². The standard InChI is InChI=1S/C24H24N6O2/c1-30-15-20(14-28-30)16-2-3-18-13-27-22(11-19(18)10-16)29-24(31)17-4-9-26-23(12-17)32-21-5-7-25-8-6-21/h2-4,9-15,21,25H,5-8H2,1H3,(H,27,29,31). The van der Waals surface area contributed by atoms with E-state index in [4.69, 9.17) is 4.74 Å². The molecule has 1 fully saturated rings. The SMILES string of the molecule is Cn1cc(-c2ccc3cnc(NC(=O)c4ccnc(OC5CCNCC5)c4)cc3c2)cn1.